The van der Waals surface area contributed by atoms with Crippen LogP contribution in [-0.2, 0) is 29.0 Å². The number of fused-ring (bicyclic) bond motifs is 4. The van der Waals surface area contributed by atoms with Gasteiger partial charge in [-0.3, -0.25) is 14.4 Å². The molecule has 1 heterocycles. The molecule has 0 fully saturated rings. The van der Waals surface area contributed by atoms with Crippen molar-refractivity contribution in [3.63, 3.8) is 0 Å². The first-order chi connectivity index (χ1) is 23.0. The molecule has 0 saturated heterocycles. The molecular formula is C37H45N3O8. The average molecular weight is 660 g/mol. The Hall–Kier alpha value is -4.93. The second-order valence-corrected chi connectivity index (χ2v) is 12.4. The van der Waals surface area contributed by atoms with Crippen molar-refractivity contribution in [1.29, 1.82) is 0 Å². The van der Waals surface area contributed by atoms with E-state index in [1.54, 1.807) is 47.7 Å². The predicted octanol–water partition coefficient (Wildman–Crippen LogP) is 4.90. The van der Waals surface area contributed by atoms with Gasteiger partial charge in [0.15, 0.2) is 23.0 Å². The van der Waals surface area contributed by atoms with Crippen molar-refractivity contribution in [2.24, 2.45) is 5.92 Å². The van der Waals surface area contributed by atoms with Crippen LogP contribution in [0.3, 0.4) is 0 Å². The van der Waals surface area contributed by atoms with E-state index in [0.29, 0.717) is 72.2 Å². The van der Waals surface area contributed by atoms with Crippen LogP contribution in [0.1, 0.15) is 55.5 Å². The number of aryl methyl sites for hydroxylation is 1. The highest BCUT2D eigenvalue weighted by atomic mass is 16.5. The lowest BCUT2D eigenvalue weighted by molar-refractivity contribution is -0.133. The Labute approximate surface area is 281 Å². The summed E-state index contributed by atoms with van der Waals surface area (Å²) in [6, 6.07) is 9.82. The minimum Gasteiger partial charge on any atom is -0.493 e. The lowest BCUT2D eigenvalue weighted by Crippen LogP contribution is -2.47. The first-order valence-corrected chi connectivity index (χ1v) is 16.1. The van der Waals surface area contributed by atoms with E-state index in [9.17, 15) is 14.4 Å². The number of amides is 2. The number of anilines is 1. The highest BCUT2D eigenvalue weighted by Crippen LogP contribution is 2.50. The van der Waals surface area contributed by atoms with Gasteiger partial charge < -0.3 is 39.2 Å². The second kappa shape index (κ2) is 14.5. The molecule has 1 aliphatic heterocycles. The van der Waals surface area contributed by atoms with Crippen molar-refractivity contribution < 1.29 is 33.3 Å². The zero-order valence-corrected chi connectivity index (χ0v) is 28.9. The fourth-order valence-electron chi connectivity index (χ4n) is 6.78. The van der Waals surface area contributed by atoms with E-state index in [-0.39, 0.29) is 28.8 Å². The quantitative estimate of drug-likeness (QED) is 0.313. The Morgan fingerprint density at radius 1 is 0.812 bits per heavy atom. The number of hydrogen-bond donors (Lipinski definition) is 2. The molecule has 2 aliphatic rings. The largest absolute Gasteiger partial charge is 0.493 e. The summed E-state index contributed by atoms with van der Waals surface area (Å²) in [5, 5.41) is 6.34. The Bertz CT molecular complexity index is 1770. The summed E-state index contributed by atoms with van der Waals surface area (Å²) in [4.78, 5) is 42.2. The number of hydrogen-bond acceptors (Lipinski definition) is 9. The maximum Gasteiger partial charge on any atom is 0.245 e. The summed E-state index contributed by atoms with van der Waals surface area (Å²) in [5.41, 5.74) is 5.15. The van der Waals surface area contributed by atoms with Gasteiger partial charge in [-0.05, 0) is 83.3 Å². The van der Waals surface area contributed by atoms with Crippen LogP contribution in [0, 0.1) is 5.92 Å². The van der Waals surface area contributed by atoms with Crippen LogP contribution >= 0.6 is 0 Å². The molecule has 2 N–H and O–H groups in total. The molecule has 0 radical (unpaired) electrons. The molecule has 11 nitrogen and oxygen atoms in total. The van der Waals surface area contributed by atoms with Crippen molar-refractivity contribution >= 4 is 17.5 Å². The van der Waals surface area contributed by atoms with Crippen molar-refractivity contribution in [3.8, 4) is 39.9 Å². The van der Waals surface area contributed by atoms with Crippen LogP contribution in [0.2, 0.25) is 0 Å². The van der Waals surface area contributed by atoms with E-state index in [0.717, 1.165) is 22.3 Å². The van der Waals surface area contributed by atoms with Gasteiger partial charge in [0.1, 0.15) is 6.04 Å². The summed E-state index contributed by atoms with van der Waals surface area (Å²) in [6.45, 7) is 6.33. The Morgan fingerprint density at radius 3 is 2.06 bits per heavy atom. The normalized spacial score (nSPS) is 15.6. The topological polar surface area (TPSA) is 125 Å². The van der Waals surface area contributed by atoms with Gasteiger partial charge in [-0.15, -0.1) is 0 Å². The van der Waals surface area contributed by atoms with Gasteiger partial charge >= 0.3 is 0 Å². The summed E-state index contributed by atoms with van der Waals surface area (Å²) in [7, 11) is 7.88. The molecule has 5 rings (SSSR count). The maximum atomic E-state index is 14.1. The van der Waals surface area contributed by atoms with Crippen LogP contribution in [0.25, 0.3) is 11.1 Å². The number of methoxy groups -OCH3 is 5. The van der Waals surface area contributed by atoms with Gasteiger partial charge in [-0.25, -0.2) is 0 Å². The fourth-order valence-corrected chi connectivity index (χ4v) is 6.78. The summed E-state index contributed by atoms with van der Waals surface area (Å²) in [6.07, 6.45) is 1.81. The molecule has 48 heavy (non-hydrogen) atoms. The highest BCUT2D eigenvalue weighted by Gasteiger charge is 2.32. The fraction of sp³-hybridized carbons (Fsp3) is 0.432. The molecular weight excluding hydrogens is 614 g/mol. The minimum absolute atomic E-state index is 0.0992. The molecule has 2 amide bonds. The van der Waals surface area contributed by atoms with E-state index >= 15 is 0 Å². The average Bonchev–Trinajstić information content (AvgIpc) is 3.32. The summed E-state index contributed by atoms with van der Waals surface area (Å²) < 4.78 is 28.2. The minimum atomic E-state index is -0.668. The summed E-state index contributed by atoms with van der Waals surface area (Å²) in [5.74, 6) is 2.27. The zero-order valence-electron chi connectivity index (χ0n) is 28.9. The SMILES string of the molecule is COc1cc2c(cc1OC)CN(C(=O)[C@H](Nc1ccc3c(cc1=O)[C@@H](NC(C)=O)CCc1cc(OC)c(OC)c(OC)c1-3)C(C)C)CC2. The van der Waals surface area contributed by atoms with Crippen molar-refractivity contribution in [1.82, 2.24) is 10.2 Å². The van der Waals surface area contributed by atoms with E-state index in [2.05, 4.69) is 10.6 Å². The third-order valence-corrected chi connectivity index (χ3v) is 9.19. The highest BCUT2D eigenvalue weighted by molar-refractivity contribution is 5.86. The van der Waals surface area contributed by atoms with Crippen molar-refractivity contribution in [2.45, 2.75) is 58.7 Å². The molecule has 0 unspecified atom stereocenters. The molecule has 0 bridgehead atoms. The number of nitrogens with zero attached hydrogens (tertiary/aromatic N) is 1. The molecule has 11 heteroatoms. The van der Waals surface area contributed by atoms with Gasteiger partial charge in [0.2, 0.25) is 23.0 Å². The van der Waals surface area contributed by atoms with E-state index in [1.807, 2.05) is 43.0 Å². The van der Waals surface area contributed by atoms with Crippen LogP contribution in [-0.4, -0.2) is 64.8 Å². The third kappa shape index (κ3) is 6.58. The second-order valence-electron chi connectivity index (χ2n) is 12.4. The first kappa shape index (κ1) is 34.4. The molecule has 0 spiro atoms. The van der Waals surface area contributed by atoms with Crippen LogP contribution in [0.15, 0.2) is 41.2 Å². The van der Waals surface area contributed by atoms with E-state index in [4.69, 9.17) is 23.7 Å². The number of carbonyl (C=O) groups is 2. The lowest BCUT2D eigenvalue weighted by Gasteiger charge is -2.34. The van der Waals surface area contributed by atoms with Gasteiger partial charge in [0.25, 0.3) is 0 Å². The van der Waals surface area contributed by atoms with Gasteiger partial charge in [0, 0.05) is 25.6 Å². The summed E-state index contributed by atoms with van der Waals surface area (Å²) >= 11 is 0. The molecule has 3 aromatic rings. The van der Waals surface area contributed by atoms with Gasteiger partial charge in [-0.1, -0.05) is 19.9 Å². The first-order valence-electron chi connectivity index (χ1n) is 16.1. The number of ether oxygens (including phenoxy) is 5. The Kier molecular flexibility index (Phi) is 10.4. The van der Waals surface area contributed by atoms with Crippen LogP contribution < -0.4 is 39.7 Å². The molecule has 256 valence electrons. The number of benzene rings is 2. The Morgan fingerprint density at radius 2 is 1.46 bits per heavy atom. The predicted molar refractivity (Wildman–Crippen MR) is 184 cm³/mol. The Balaban J connectivity index is 1.55. The van der Waals surface area contributed by atoms with Gasteiger partial charge in [-0.2, -0.15) is 0 Å². The van der Waals surface area contributed by atoms with E-state index in [1.165, 1.54) is 6.92 Å². The molecule has 1 aliphatic carbocycles. The monoisotopic (exact) mass is 659 g/mol. The molecule has 2 atom stereocenters. The van der Waals surface area contributed by atoms with Crippen LogP contribution in [0.5, 0.6) is 28.7 Å². The lowest BCUT2D eigenvalue weighted by atomic mass is 9.95. The smallest absolute Gasteiger partial charge is 0.245 e. The number of rotatable bonds is 10. The number of nitrogens with one attached hydrogen (secondary N) is 2. The molecule has 0 aromatic heterocycles. The van der Waals surface area contributed by atoms with Gasteiger partial charge in [0.05, 0.1) is 47.3 Å². The van der Waals surface area contributed by atoms with E-state index < -0.39 is 12.1 Å². The molecule has 3 aromatic carbocycles. The zero-order chi connectivity index (χ0) is 34.7. The van der Waals surface area contributed by atoms with Crippen molar-refractivity contribution in [2.75, 3.05) is 47.4 Å². The standard InChI is InChI=1S/C37H45N3O8/c1-20(2)34(37(43)40-14-13-22-15-30(44-4)31(45-5)17-24(22)19-40)39-28-12-10-25-26(18-29(28)42)27(38-21(3)41)11-9-23-16-32(46-6)35(47-7)36(48-8)33(23)25/h10,12,15-18,20,27,34H,9,11,13-14,19H2,1-8H3,(H,38,41)(H,39,42)/t27-,34+/m0/s1. The molecule has 0 saturated carbocycles. The van der Waals surface area contributed by atoms with Crippen LogP contribution in [0.4, 0.5) is 5.69 Å². The third-order valence-electron chi connectivity index (χ3n) is 9.19. The number of carbonyl (C=O) groups excluding carboxylic acids is 2. The van der Waals surface area contributed by atoms with Crippen molar-refractivity contribution in [3.05, 3.63) is 68.9 Å². The maximum absolute atomic E-state index is 14.1.